The molecule has 0 aromatic rings. The second kappa shape index (κ2) is 4.98. The van der Waals surface area contributed by atoms with Gasteiger partial charge in [0.15, 0.2) is 12.2 Å². The second-order valence-corrected chi connectivity index (χ2v) is 3.79. The molecule has 0 aliphatic carbocycles. The number of hydrogen-bond donors (Lipinski definition) is 3. The lowest BCUT2D eigenvalue weighted by Crippen LogP contribution is -2.49. The molecule has 0 bridgehead atoms. The van der Waals surface area contributed by atoms with Crippen molar-refractivity contribution in [2.45, 2.75) is 18.2 Å². The Morgan fingerprint density at radius 3 is 2.50 bits per heavy atom. The quantitative estimate of drug-likeness (QED) is 0.613. The third-order valence-corrected chi connectivity index (χ3v) is 2.42. The fourth-order valence-electron chi connectivity index (χ4n) is 1.42. The molecule has 1 aliphatic heterocycles. The first-order chi connectivity index (χ1) is 8.16. The van der Waals surface area contributed by atoms with Gasteiger partial charge in [-0.05, 0) is 0 Å². The number of carboxylic acid groups (broad SMARTS) is 1. The van der Waals surface area contributed by atoms with Crippen molar-refractivity contribution in [3.8, 4) is 0 Å². The van der Waals surface area contributed by atoms with E-state index in [4.69, 9.17) is 5.11 Å². The van der Waals surface area contributed by atoms with Crippen molar-refractivity contribution in [1.29, 1.82) is 0 Å². The zero-order chi connectivity index (χ0) is 14.0. The number of carboxylic acids is 1. The zero-order valence-corrected chi connectivity index (χ0v) is 9.03. The van der Waals surface area contributed by atoms with Crippen LogP contribution >= 0.6 is 0 Å². The van der Waals surface area contributed by atoms with Crippen LogP contribution in [0.25, 0.3) is 0 Å². The molecule has 1 rings (SSSR count). The standard InChI is InChI=1S/C8H11F3N2O5/c9-8(10,11)7(17)1-2-13(4-7)6(16)12-18-3-5(14)15/h17H,1-4H2,(H,12,16)(H,14,15). The summed E-state index contributed by atoms with van der Waals surface area (Å²) >= 11 is 0. The van der Waals surface area contributed by atoms with Gasteiger partial charge in [-0.2, -0.15) is 13.2 Å². The van der Waals surface area contributed by atoms with E-state index in [1.807, 2.05) is 0 Å². The maximum absolute atomic E-state index is 12.4. The summed E-state index contributed by atoms with van der Waals surface area (Å²) in [6, 6.07) is -1.03. The number of halogens is 3. The van der Waals surface area contributed by atoms with E-state index >= 15 is 0 Å². The molecule has 3 N–H and O–H groups in total. The van der Waals surface area contributed by atoms with Crippen molar-refractivity contribution in [2.75, 3.05) is 19.7 Å². The van der Waals surface area contributed by atoms with E-state index in [1.165, 1.54) is 0 Å². The van der Waals surface area contributed by atoms with Gasteiger partial charge in [0.25, 0.3) is 0 Å². The highest BCUT2D eigenvalue weighted by atomic mass is 19.4. The fraction of sp³-hybridized carbons (Fsp3) is 0.750. The predicted molar refractivity (Wildman–Crippen MR) is 49.3 cm³/mol. The number of nitrogens with zero attached hydrogens (tertiary/aromatic N) is 1. The van der Waals surface area contributed by atoms with Crippen LogP contribution in [-0.2, 0) is 9.63 Å². The summed E-state index contributed by atoms with van der Waals surface area (Å²) < 4.78 is 37.3. The number of aliphatic hydroxyl groups is 1. The SMILES string of the molecule is O=C(O)CONC(=O)N1CCC(O)(C(F)(F)F)C1. The van der Waals surface area contributed by atoms with Gasteiger partial charge in [-0.1, -0.05) is 0 Å². The lowest BCUT2D eigenvalue weighted by molar-refractivity contribution is -0.253. The lowest BCUT2D eigenvalue weighted by Gasteiger charge is -2.25. The van der Waals surface area contributed by atoms with Crippen molar-refractivity contribution in [3.05, 3.63) is 0 Å². The monoisotopic (exact) mass is 272 g/mol. The Hall–Kier alpha value is -1.55. The normalized spacial score (nSPS) is 24.1. The summed E-state index contributed by atoms with van der Waals surface area (Å²) in [5, 5.41) is 17.5. The van der Waals surface area contributed by atoms with Gasteiger partial charge in [0, 0.05) is 13.0 Å². The molecule has 10 heteroatoms. The summed E-state index contributed by atoms with van der Waals surface area (Å²) in [5.74, 6) is -1.34. The zero-order valence-electron chi connectivity index (χ0n) is 9.03. The molecule has 104 valence electrons. The van der Waals surface area contributed by atoms with Gasteiger partial charge in [-0.15, -0.1) is 0 Å². The van der Waals surface area contributed by atoms with Crippen molar-refractivity contribution >= 4 is 12.0 Å². The van der Waals surface area contributed by atoms with Crippen LogP contribution in [0.4, 0.5) is 18.0 Å². The molecule has 1 unspecified atom stereocenters. The number of hydroxylamine groups is 1. The smallest absolute Gasteiger partial charge is 0.419 e. The van der Waals surface area contributed by atoms with E-state index in [0.29, 0.717) is 4.90 Å². The summed E-state index contributed by atoms with van der Waals surface area (Å²) in [7, 11) is 0. The van der Waals surface area contributed by atoms with Gasteiger partial charge >= 0.3 is 18.2 Å². The second-order valence-electron chi connectivity index (χ2n) is 3.79. The number of rotatable bonds is 3. The van der Waals surface area contributed by atoms with E-state index < -0.39 is 43.4 Å². The Labute approximate surface area is 99.1 Å². The number of hydrogen-bond acceptors (Lipinski definition) is 4. The van der Waals surface area contributed by atoms with Crippen LogP contribution in [0.5, 0.6) is 0 Å². The average molecular weight is 272 g/mol. The van der Waals surface area contributed by atoms with Crippen LogP contribution in [0.1, 0.15) is 6.42 Å². The van der Waals surface area contributed by atoms with E-state index in [1.54, 1.807) is 5.48 Å². The molecule has 18 heavy (non-hydrogen) atoms. The topological polar surface area (TPSA) is 99.1 Å². The molecule has 1 atom stereocenters. The summed E-state index contributed by atoms with van der Waals surface area (Å²) in [5.41, 5.74) is -1.26. The first-order valence-corrected chi connectivity index (χ1v) is 4.83. The highest BCUT2D eigenvalue weighted by Crippen LogP contribution is 2.37. The fourth-order valence-corrected chi connectivity index (χ4v) is 1.42. The Balaban J connectivity index is 2.47. The average Bonchev–Trinajstić information content (AvgIpc) is 2.60. The molecule has 1 aliphatic rings. The molecule has 7 nitrogen and oxygen atoms in total. The number of likely N-dealkylation sites (tertiary alicyclic amines) is 1. The number of aliphatic carboxylic acids is 1. The summed E-state index contributed by atoms with van der Waals surface area (Å²) in [6.45, 7) is -2.04. The Morgan fingerprint density at radius 2 is 2.06 bits per heavy atom. The number of amides is 2. The first kappa shape index (κ1) is 14.5. The van der Waals surface area contributed by atoms with Crippen LogP contribution < -0.4 is 5.48 Å². The molecule has 1 fully saturated rings. The molecule has 1 heterocycles. The van der Waals surface area contributed by atoms with Crippen LogP contribution in [0, 0.1) is 0 Å². The number of urea groups is 1. The molecule has 0 aromatic heterocycles. The largest absolute Gasteiger partial charge is 0.479 e. The van der Waals surface area contributed by atoms with Crippen LogP contribution in [0.15, 0.2) is 0 Å². The molecule has 0 spiro atoms. The summed E-state index contributed by atoms with van der Waals surface area (Å²) in [6.07, 6.45) is -5.47. The predicted octanol–water partition coefficient (Wildman–Crippen LogP) is -0.289. The third-order valence-electron chi connectivity index (χ3n) is 2.42. The molecule has 2 amide bonds. The van der Waals surface area contributed by atoms with Gasteiger partial charge < -0.3 is 15.1 Å². The molecule has 0 saturated carbocycles. The number of carbonyl (C=O) groups excluding carboxylic acids is 1. The van der Waals surface area contributed by atoms with Crippen LogP contribution in [0.2, 0.25) is 0 Å². The number of carbonyl (C=O) groups is 2. The highest BCUT2D eigenvalue weighted by molar-refractivity contribution is 5.74. The molecule has 0 radical (unpaired) electrons. The Kier molecular flexibility index (Phi) is 4.02. The van der Waals surface area contributed by atoms with Gasteiger partial charge in [0.2, 0.25) is 0 Å². The molecule has 1 saturated heterocycles. The van der Waals surface area contributed by atoms with Gasteiger partial charge in [-0.25, -0.2) is 15.1 Å². The Morgan fingerprint density at radius 1 is 1.44 bits per heavy atom. The third kappa shape index (κ3) is 3.23. The van der Waals surface area contributed by atoms with Crippen molar-refractivity contribution < 1.29 is 37.8 Å². The number of β-amino-alcohol motifs (C(OH)–C–C–N with tert-alkyl or cyclic N) is 1. The maximum atomic E-state index is 12.4. The molecular weight excluding hydrogens is 261 g/mol. The minimum Gasteiger partial charge on any atom is -0.479 e. The molecular formula is C8H11F3N2O5. The number of nitrogens with one attached hydrogen (secondary N) is 1. The van der Waals surface area contributed by atoms with E-state index in [9.17, 15) is 27.9 Å². The van der Waals surface area contributed by atoms with Crippen molar-refractivity contribution in [1.82, 2.24) is 10.4 Å². The van der Waals surface area contributed by atoms with Gasteiger partial charge in [0.1, 0.15) is 0 Å². The van der Waals surface area contributed by atoms with E-state index in [0.717, 1.165) is 0 Å². The maximum Gasteiger partial charge on any atom is 0.419 e. The highest BCUT2D eigenvalue weighted by Gasteiger charge is 2.57. The van der Waals surface area contributed by atoms with Gasteiger partial charge in [-0.3, -0.25) is 4.84 Å². The lowest BCUT2D eigenvalue weighted by atomic mass is 10.0. The minimum absolute atomic E-state index is 0.307. The van der Waals surface area contributed by atoms with Gasteiger partial charge in [0.05, 0.1) is 6.54 Å². The van der Waals surface area contributed by atoms with E-state index in [-0.39, 0.29) is 6.54 Å². The van der Waals surface area contributed by atoms with Crippen LogP contribution in [-0.4, -0.2) is 58.6 Å². The first-order valence-electron chi connectivity index (χ1n) is 4.83. The summed E-state index contributed by atoms with van der Waals surface area (Å²) in [4.78, 5) is 26.2. The molecule has 0 aromatic carbocycles. The van der Waals surface area contributed by atoms with Crippen molar-refractivity contribution in [2.24, 2.45) is 0 Å². The van der Waals surface area contributed by atoms with E-state index in [2.05, 4.69) is 4.84 Å². The number of alkyl halides is 3. The Bertz CT molecular complexity index is 348. The minimum atomic E-state index is -4.83. The van der Waals surface area contributed by atoms with Crippen LogP contribution in [0.3, 0.4) is 0 Å². The van der Waals surface area contributed by atoms with Crippen molar-refractivity contribution in [3.63, 3.8) is 0 Å².